The van der Waals surface area contributed by atoms with Gasteiger partial charge in [0.05, 0.1) is 11.6 Å². The Balaban J connectivity index is 2.09. The van der Waals surface area contributed by atoms with Crippen molar-refractivity contribution in [3.63, 3.8) is 0 Å². The summed E-state index contributed by atoms with van der Waals surface area (Å²) in [4.78, 5) is 0.821. The largest absolute Gasteiger partial charge is 0.418 e. The normalized spacial score (nSPS) is 12.0. The smallest absolute Gasteiger partial charge is 0.259 e. The van der Waals surface area contributed by atoms with E-state index in [0.29, 0.717) is 23.3 Å². The van der Waals surface area contributed by atoms with Crippen molar-refractivity contribution in [2.45, 2.75) is 32.9 Å². The fourth-order valence-corrected chi connectivity index (χ4v) is 2.26. The Morgan fingerprint density at radius 2 is 2.18 bits per heavy atom. The lowest BCUT2D eigenvalue weighted by Gasteiger charge is -2.18. The predicted octanol–water partition coefficient (Wildman–Crippen LogP) is 3.34. The summed E-state index contributed by atoms with van der Waals surface area (Å²) in [6.45, 7) is 6.81. The van der Waals surface area contributed by atoms with Crippen LogP contribution in [-0.4, -0.2) is 15.7 Å². The van der Waals surface area contributed by atoms with Gasteiger partial charge in [-0.3, -0.25) is 0 Å². The summed E-state index contributed by atoms with van der Waals surface area (Å²) in [5, 5.41) is 13.8. The number of hydrogen-bond donors (Lipinski definition) is 1. The number of thiophene rings is 1. The molecule has 4 nitrogen and oxygen atoms in total. The van der Waals surface area contributed by atoms with Gasteiger partial charge in [-0.1, -0.05) is 11.6 Å². The van der Waals surface area contributed by atoms with E-state index in [1.54, 1.807) is 0 Å². The molecule has 0 amide bonds. The average molecular weight is 272 g/mol. The molecule has 0 saturated heterocycles. The van der Waals surface area contributed by atoms with Crippen LogP contribution in [-0.2, 0) is 6.54 Å². The fraction of sp³-hybridized carbons (Fsp3) is 0.455. The number of hydrogen-bond acceptors (Lipinski definition) is 5. The molecule has 6 heteroatoms. The summed E-state index contributed by atoms with van der Waals surface area (Å²) in [5.41, 5.74) is 0.0230. The summed E-state index contributed by atoms with van der Waals surface area (Å²) < 4.78 is 5.55. The molecule has 1 N–H and O–H groups in total. The highest BCUT2D eigenvalue weighted by molar-refractivity contribution is 7.14. The third-order valence-electron chi connectivity index (χ3n) is 2.05. The third kappa shape index (κ3) is 3.28. The Labute approximate surface area is 109 Å². The van der Waals surface area contributed by atoms with E-state index >= 15 is 0 Å². The van der Waals surface area contributed by atoms with Gasteiger partial charge in [-0.15, -0.1) is 21.5 Å². The van der Waals surface area contributed by atoms with E-state index in [4.69, 9.17) is 16.0 Å². The third-order valence-corrected chi connectivity index (χ3v) is 3.38. The van der Waals surface area contributed by atoms with Gasteiger partial charge < -0.3 is 9.73 Å². The average Bonchev–Trinajstić information content (AvgIpc) is 2.81. The van der Waals surface area contributed by atoms with Crippen LogP contribution in [0, 0.1) is 0 Å². The van der Waals surface area contributed by atoms with E-state index in [0.717, 1.165) is 4.88 Å². The van der Waals surface area contributed by atoms with Gasteiger partial charge in [-0.25, -0.2) is 0 Å². The second kappa shape index (κ2) is 4.76. The van der Waals surface area contributed by atoms with Crippen molar-refractivity contribution in [3.8, 4) is 10.8 Å². The van der Waals surface area contributed by atoms with Crippen molar-refractivity contribution >= 4 is 22.9 Å². The predicted molar refractivity (Wildman–Crippen MR) is 69.2 cm³/mol. The van der Waals surface area contributed by atoms with Gasteiger partial charge >= 0.3 is 0 Å². The number of nitrogens with one attached hydrogen (secondary N) is 1. The first-order chi connectivity index (χ1) is 7.96. The molecule has 0 atom stereocenters. The highest BCUT2D eigenvalue weighted by atomic mass is 35.5. The summed E-state index contributed by atoms with van der Waals surface area (Å²) in [6, 6.07) is 1.82. The molecule has 0 aromatic carbocycles. The van der Waals surface area contributed by atoms with Gasteiger partial charge in [0.2, 0.25) is 5.89 Å². The van der Waals surface area contributed by atoms with Crippen LogP contribution in [0.2, 0.25) is 5.02 Å². The Bertz CT molecular complexity index is 501. The summed E-state index contributed by atoms with van der Waals surface area (Å²) in [5.74, 6) is 1.05. The molecule has 2 aromatic rings. The molecule has 0 aliphatic rings. The van der Waals surface area contributed by atoms with Crippen LogP contribution >= 0.6 is 22.9 Å². The van der Waals surface area contributed by atoms with E-state index in [-0.39, 0.29) is 5.54 Å². The van der Waals surface area contributed by atoms with Crippen LogP contribution in [0.25, 0.3) is 10.8 Å². The van der Waals surface area contributed by atoms with Crippen LogP contribution in [0.5, 0.6) is 0 Å². The fourth-order valence-electron chi connectivity index (χ4n) is 1.20. The van der Waals surface area contributed by atoms with E-state index in [2.05, 4.69) is 36.3 Å². The Morgan fingerprint density at radius 1 is 1.41 bits per heavy atom. The molecule has 0 saturated carbocycles. The van der Waals surface area contributed by atoms with Gasteiger partial charge in [-0.05, 0) is 32.2 Å². The monoisotopic (exact) mass is 271 g/mol. The minimum atomic E-state index is 0.0230. The van der Waals surface area contributed by atoms with Gasteiger partial charge in [0.25, 0.3) is 5.89 Å². The maximum Gasteiger partial charge on any atom is 0.259 e. The molecule has 0 unspecified atom stereocenters. The summed E-state index contributed by atoms with van der Waals surface area (Å²) in [6.07, 6.45) is 0. The second-order valence-corrected chi connectivity index (χ2v) is 6.03. The Hall–Kier alpha value is -0.910. The molecule has 0 aliphatic heterocycles. The number of rotatable bonds is 3. The Kier molecular flexibility index (Phi) is 3.51. The molecule has 0 aliphatic carbocycles. The molecular weight excluding hydrogens is 258 g/mol. The van der Waals surface area contributed by atoms with Crippen LogP contribution in [0.1, 0.15) is 26.7 Å². The minimum absolute atomic E-state index is 0.0230. The molecule has 92 valence electrons. The van der Waals surface area contributed by atoms with Crippen molar-refractivity contribution in [2.75, 3.05) is 0 Å². The number of aromatic nitrogens is 2. The van der Waals surface area contributed by atoms with E-state index in [1.807, 2.05) is 11.4 Å². The second-order valence-electron chi connectivity index (χ2n) is 4.70. The molecule has 2 heterocycles. The van der Waals surface area contributed by atoms with Gasteiger partial charge in [0.15, 0.2) is 0 Å². The lowest BCUT2D eigenvalue weighted by molar-refractivity contribution is 0.384. The molecular formula is C11H14ClN3OS. The first kappa shape index (κ1) is 12.5. The van der Waals surface area contributed by atoms with Crippen LogP contribution in [0.3, 0.4) is 0 Å². The molecule has 0 spiro atoms. The zero-order valence-electron chi connectivity index (χ0n) is 9.95. The van der Waals surface area contributed by atoms with Crippen LogP contribution in [0.4, 0.5) is 0 Å². The first-order valence-corrected chi connectivity index (χ1v) is 6.52. The maximum atomic E-state index is 6.00. The van der Waals surface area contributed by atoms with Crippen molar-refractivity contribution in [2.24, 2.45) is 0 Å². The summed E-state index contributed by atoms with van der Waals surface area (Å²) in [7, 11) is 0. The minimum Gasteiger partial charge on any atom is -0.418 e. The quantitative estimate of drug-likeness (QED) is 0.930. The molecule has 0 fully saturated rings. The van der Waals surface area contributed by atoms with Crippen molar-refractivity contribution in [1.82, 2.24) is 15.5 Å². The molecule has 0 bridgehead atoms. The lowest BCUT2D eigenvalue weighted by atomic mass is 10.1. The topological polar surface area (TPSA) is 51.0 Å². The maximum absolute atomic E-state index is 6.00. The van der Waals surface area contributed by atoms with Gasteiger partial charge in [-0.2, -0.15) is 0 Å². The zero-order chi connectivity index (χ0) is 12.5. The highest BCUT2D eigenvalue weighted by Gasteiger charge is 2.15. The van der Waals surface area contributed by atoms with Crippen molar-refractivity contribution in [3.05, 3.63) is 22.4 Å². The highest BCUT2D eigenvalue weighted by Crippen LogP contribution is 2.31. The molecule has 17 heavy (non-hydrogen) atoms. The molecule has 0 radical (unpaired) electrons. The lowest BCUT2D eigenvalue weighted by Crippen LogP contribution is -2.35. The molecule has 2 rings (SSSR count). The number of nitrogens with zero attached hydrogens (tertiary/aromatic N) is 2. The Morgan fingerprint density at radius 3 is 2.76 bits per heavy atom. The van der Waals surface area contributed by atoms with Crippen LogP contribution < -0.4 is 5.32 Å². The SMILES string of the molecule is CC(C)(C)NCc1nnc(-c2sccc2Cl)o1. The van der Waals surface area contributed by atoms with Crippen molar-refractivity contribution < 1.29 is 4.42 Å². The van der Waals surface area contributed by atoms with E-state index in [1.165, 1.54) is 11.3 Å². The van der Waals surface area contributed by atoms with Crippen molar-refractivity contribution in [1.29, 1.82) is 0 Å². The summed E-state index contributed by atoms with van der Waals surface area (Å²) >= 11 is 7.49. The number of halogens is 1. The zero-order valence-corrected chi connectivity index (χ0v) is 11.5. The van der Waals surface area contributed by atoms with Gasteiger partial charge in [0.1, 0.15) is 4.88 Å². The molecule has 2 aromatic heterocycles. The first-order valence-electron chi connectivity index (χ1n) is 5.26. The van der Waals surface area contributed by atoms with E-state index in [9.17, 15) is 0 Å². The van der Waals surface area contributed by atoms with E-state index < -0.39 is 0 Å². The standard InChI is InChI=1S/C11H14ClN3OS/c1-11(2,3)13-6-8-14-15-10(16-8)9-7(12)4-5-17-9/h4-5,13H,6H2,1-3H3. The van der Waals surface area contributed by atoms with Crippen LogP contribution in [0.15, 0.2) is 15.9 Å². The van der Waals surface area contributed by atoms with Gasteiger partial charge in [0, 0.05) is 5.54 Å².